The van der Waals surface area contributed by atoms with Gasteiger partial charge < -0.3 is 5.73 Å². The second-order valence-corrected chi connectivity index (χ2v) is 4.53. The molecule has 88 valence electrons. The van der Waals surface area contributed by atoms with Gasteiger partial charge in [-0.1, -0.05) is 24.3 Å². The Kier molecular flexibility index (Phi) is 2.57. The van der Waals surface area contributed by atoms with Crippen molar-refractivity contribution >= 4 is 5.69 Å². The van der Waals surface area contributed by atoms with E-state index in [0.29, 0.717) is 0 Å². The lowest BCUT2D eigenvalue weighted by Gasteiger charge is -2.28. The number of aromatic amines is 1. The van der Waals surface area contributed by atoms with Gasteiger partial charge in [-0.05, 0) is 17.5 Å². The summed E-state index contributed by atoms with van der Waals surface area (Å²) in [5.74, 6) is 0. The molecule has 1 aliphatic rings. The summed E-state index contributed by atoms with van der Waals surface area (Å²) in [5.41, 5.74) is 10.5. The van der Waals surface area contributed by atoms with Crippen molar-refractivity contribution in [1.29, 1.82) is 0 Å². The van der Waals surface area contributed by atoms with Crippen molar-refractivity contribution in [2.75, 3.05) is 12.3 Å². The predicted molar refractivity (Wildman–Crippen MR) is 67.3 cm³/mol. The van der Waals surface area contributed by atoms with Gasteiger partial charge in [-0.25, -0.2) is 0 Å². The maximum atomic E-state index is 5.83. The summed E-state index contributed by atoms with van der Waals surface area (Å²) >= 11 is 0. The van der Waals surface area contributed by atoms with E-state index in [4.69, 9.17) is 5.73 Å². The lowest BCUT2D eigenvalue weighted by atomic mass is 10.00. The van der Waals surface area contributed by atoms with Crippen molar-refractivity contribution in [1.82, 2.24) is 15.1 Å². The maximum absolute atomic E-state index is 5.83. The van der Waals surface area contributed by atoms with Gasteiger partial charge in [0.15, 0.2) is 0 Å². The lowest BCUT2D eigenvalue weighted by Crippen LogP contribution is -2.30. The molecule has 0 saturated carbocycles. The summed E-state index contributed by atoms with van der Waals surface area (Å²) in [6.07, 6.45) is 2.79. The van der Waals surface area contributed by atoms with Gasteiger partial charge in [-0.2, -0.15) is 5.10 Å². The second-order valence-electron chi connectivity index (χ2n) is 4.53. The zero-order chi connectivity index (χ0) is 11.7. The van der Waals surface area contributed by atoms with Crippen molar-refractivity contribution in [3.8, 4) is 0 Å². The van der Waals surface area contributed by atoms with E-state index < -0.39 is 0 Å². The van der Waals surface area contributed by atoms with Gasteiger partial charge >= 0.3 is 0 Å². The predicted octanol–water partition coefficient (Wildman–Crippen LogP) is 1.55. The molecule has 2 aromatic rings. The minimum atomic E-state index is 0.754. The number of H-pyrrole nitrogens is 1. The van der Waals surface area contributed by atoms with Crippen LogP contribution in [0.15, 0.2) is 30.5 Å². The molecule has 17 heavy (non-hydrogen) atoms. The quantitative estimate of drug-likeness (QED) is 0.820. The molecule has 0 spiro atoms. The Morgan fingerprint density at radius 2 is 2.12 bits per heavy atom. The van der Waals surface area contributed by atoms with E-state index in [1.807, 2.05) is 0 Å². The van der Waals surface area contributed by atoms with Gasteiger partial charge in [0.1, 0.15) is 0 Å². The number of fused-ring (bicyclic) bond motifs is 1. The van der Waals surface area contributed by atoms with E-state index in [9.17, 15) is 0 Å². The van der Waals surface area contributed by atoms with Crippen LogP contribution in [0.3, 0.4) is 0 Å². The second kappa shape index (κ2) is 4.22. The number of nitrogens with two attached hydrogens (primary N) is 1. The number of hydrogen-bond acceptors (Lipinski definition) is 3. The first-order valence-corrected chi connectivity index (χ1v) is 5.90. The molecular weight excluding hydrogens is 212 g/mol. The number of nitrogens with zero attached hydrogens (tertiary/aromatic N) is 2. The van der Waals surface area contributed by atoms with Crippen LogP contribution in [0.2, 0.25) is 0 Å². The molecule has 0 amide bonds. The number of aromatic nitrogens is 2. The Bertz CT molecular complexity index is 518. The zero-order valence-corrected chi connectivity index (χ0v) is 9.69. The lowest BCUT2D eigenvalue weighted by molar-refractivity contribution is 0.243. The van der Waals surface area contributed by atoms with E-state index in [-0.39, 0.29) is 0 Å². The van der Waals surface area contributed by atoms with Crippen molar-refractivity contribution in [3.05, 3.63) is 47.3 Å². The summed E-state index contributed by atoms with van der Waals surface area (Å²) in [6, 6.07) is 8.64. The summed E-state index contributed by atoms with van der Waals surface area (Å²) in [4.78, 5) is 2.40. The smallest absolute Gasteiger partial charge is 0.0743 e. The maximum Gasteiger partial charge on any atom is 0.0743 e. The summed E-state index contributed by atoms with van der Waals surface area (Å²) in [5, 5.41) is 6.91. The standard InChI is InChI=1S/C13H16N4/c14-12-7-15-16-13(12)9-17-6-5-10-3-1-2-4-11(10)8-17/h1-4,7H,5-6,8-9,14H2,(H,15,16). The fourth-order valence-corrected chi connectivity index (χ4v) is 2.36. The Balaban J connectivity index is 1.74. The molecule has 1 aliphatic heterocycles. The molecule has 3 rings (SSSR count). The highest BCUT2D eigenvalue weighted by Gasteiger charge is 2.16. The molecule has 0 radical (unpaired) electrons. The van der Waals surface area contributed by atoms with Crippen LogP contribution in [0, 0.1) is 0 Å². The van der Waals surface area contributed by atoms with Gasteiger partial charge in [0.25, 0.3) is 0 Å². The SMILES string of the molecule is Nc1cn[nH]c1CN1CCc2ccccc2C1. The van der Waals surface area contributed by atoms with Crippen LogP contribution in [0.4, 0.5) is 5.69 Å². The van der Waals surface area contributed by atoms with Crippen LogP contribution in [-0.4, -0.2) is 21.6 Å². The van der Waals surface area contributed by atoms with E-state index in [1.165, 1.54) is 11.1 Å². The highest BCUT2D eigenvalue weighted by molar-refractivity contribution is 5.40. The topological polar surface area (TPSA) is 57.9 Å². The largest absolute Gasteiger partial charge is 0.396 e. The van der Waals surface area contributed by atoms with E-state index >= 15 is 0 Å². The van der Waals surface area contributed by atoms with Crippen molar-refractivity contribution in [2.24, 2.45) is 0 Å². The Morgan fingerprint density at radius 3 is 2.88 bits per heavy atom. The van der Waals surface area contributed by atoms with Crippen LogP contribution >= 0.6 is 0 Å². The molecule has 0 unspecified atom stereocenters. The van der Waals surface area contributed by atoms with Crippen LogP contribution in [0.1, 0.15) is 16.8 Å². The molecule has 4 nitrogen and oxygen atoms in total. The first-order valence-electron chi connectivity index (χ1n) is 5.90. The van der Waals surface area contributed by atoms with Gasteiger partial charge in [-0.3, -0.25) is 10.00 Å². The molecule has 1 aromatic heterocycles. The molecule has 3 N–H and O–H groups in total. The first-order chi connectivity index (χ1) is 8.33. The minimum absolute atomic E-state index is 0.754. The fourth-order valence-electron chi connectivity index (χ4n) is 2.36. The fraction of sp³-hybridized carbons (Fsp3) is 0.308. The first kappa shape index (κ1) is 10.4. The van der Waals surface area contributed by atoms with Crippen molar-refractivity contribution in [3.63, 3.8) is 0 Å². The van der Waals surface area contributed by atoms with Crippen LogP contribution in [0.5, 0.6) is 0 Å². The molecule has 0 atom stereocenters. The van der Waals surface area contributed by atoms with Crippen LogP contribution in [-0.2, 0) is 19.5 Å². The zero-order valence-electron chi connectivity index (χ0n) is 9.69. The Labute approximate surface area is 100 Å². The normalized spacial score (nSPS) is 15.8. The van der Waals surface area contributed by atoms with Crippen LogP contribution < -0.4 is 5.73 Å². The summed E-state index contributed by atoms with van der Waals surface area (Å²) < 4.78 is 0. The number of rotatable bonds is 2. The average molecular weight is 228 g/mol. The van der Waals surface area contributed by atoms with Gasteiger partial charge in [0, 0.05) is 19.6 Å². The van der Waals surface area contributed by atoms with Gasteiger partial charge in [-0.15, -0.1) is 0 Å². The molecule has 4 heteroatoms. The molecule has 0 fully saturated rings. The number of benzene rings is 1. The molecule has 0 saturated heterocycles. The van der Waals surface area contributed by atoms with Crippen molar-refractivity contribution in [2.45, 2.75) is 19.5 Å². The summed E-state index contributed by atoms with van der Waals surface area (Å²) in [7, 11) is 0. The molecule has 1 aromatic carbocycles. The average Bonchev–Trinajstić information content (AvgIpc) is 2.75. The van der Waals surface area contributed by atoms with E-state index in [1.54, 1.807) is 6.20 Å². The molecule has 2 heterocycles. The molecular formula is C13H16N4. The van der Waals surface area contributed by atoms with E-state index in [2.05, 4.69) is 39.4 Å². The molecule has 0 aliphatic carbocycles. The number of nitrogens with one attached hydrogen (secondary N) is 1. The van der Waals surface area contributed by atoms with E-state index in [0.717, 1.165) is 37.4 Å². The Morgan fingerprint density at radius 1 is 1.29 bits per heavy atom. The number of nitrogen functional groups attached to an aromatic ring is 1. The van der Waals surface area contributed by atoms with Gasteiger partial charge in [0.2, 0.25) is 0 Å². The minimum Gasteiger partial charge on any atom is -0.396 e. The third kappa shape index (κ3) is 2.03. The molecule has 0 bridgehead atoms. The third-order valence-electron chi connectivity index (χ3n) is 3.34. The Hall–Kier alpha value is -1.81. The number of anilines is 1. The number of hydrogen-bond donors (Lipinski definition) is 2. The summed E-state index contributed by atoms with van der Waals surface area (Å²) in [6.45, 7) is 2.92. The highest BCUT2D eigenvalue weighted by Crippen LogP contribution is 2.20. The monoisotopic (exact) mass is 228 g/mol. The van der Waals surface area contributed by atoms with Gasteiger partial charge in [0.05, 0.1) is 17.6 Å². The van der Waals surface area contributed by atoms with Crippen molar-refractivity contribution < 1.29 is 0 Å². The van der Waals surface area contributed by atoms with Crippen LogP contribution in [0.25, 0.3) is 0 Å². The third-order valence-corrected chi connectivity index (χ3v) is 3.34. The highest BCUT2D eigenvalue weighted by atomic mass is 15.2.